The molecule has 2 unspecified atom stereocenters. The van der Waals surface area contributed by atoms with Gasteiger partial charge < -0.3 is 14.4 Å². The Hall–Kier alpha value is -3.59. The maximum absolute atomic E-state index is 13.5. The fraction of sp³-hybridized carbons (Fsp3) is 0.500. The first-order chi connectivity index (χ1) is 18.8. The van der Waals surface area contributed by atoms with E-state index in [4.69, 9.17) is 9.73 Å². The molecule has 0 aromatic heterocycles. The van der Waals surface area contributed by atoms with Crippen molar-refractivity contribution in [3.8, 4) is 11.8 Å². The molecular formula is C34H45N3O3. The summed E-state index contributed by atoms with van der Waals surface area (Å²) in [5.74, 6) is 7.38. The van der Waals surface area contributed by atoms with Crippen molar-refractivity contribution in [1.29, 1.82) is 0 Å². The van der Waals surface area contributed by atoms with Crippen LogP contribution in [-0.2, 0) is 21.5 Å². The zero-order valence-electron chi connectivity index (χ0n) is 25.3. The molecule has 3 rings (SSSR count). The Bertz CT molecular complexity index is 1280. The summed E-state index contributed by atoms with van der Waals surface area (Å²) in [6, 6.07) is 6.16. The summed E-state index contributed by atoms with van der Waals surface area (Å²) in [5.41, 5.74) is 2.51. The van der Waals surface area contributed by atoms with E-state index in [2.05, 4.69) is 43.3 Å². The molecule has 1 amide bonds. The zero-order chi connectivity index (χ0) is 29.7. The molecule has 1 fully saturated rings. The number of alkyl carbamates (subject to hydrolysis) is 1. The lowest BCUT2D eigenvalue weighted by Gasteiger charge is -2.41. The highest BCUT2D eigenvalue weighted by atomic mass is 16.6. The molecule has 2 aliphatic carbocycles. The molecule has 1 aromatic rings. The van der Waals surface area contributed by atoms with E-state index in [0.717, 1.165) is 53.4 Å². The number of benzene rings is 1. The topological polar surface area (TPSA) is 71.0 Å². The summed E-state index contributed by atoms with van der Waals surface area (Å²) in [4.78, 5) is 33.1. The van der Waals surface area contributed by atoms with E-state index in [9.17, 15) is 9.59 Å². The van der Waals surface area contributed by atoms with Crippen LogP contribution in [0.4, 0.5) is 4.79 Å². The van der Waals surface area contributed by atoms with Crippen molar-refractivity contribution in [2.45, 2.75) is 84.3 Å². The van der Waals surface area contributed by atoms with Gasteiger partial charge in [-0.25, -0.2) is 9.79 Å². The lowest BCUT2D eigenvalue weighted by Crippen LogP contribution is -2.49. The molecule has 0 spiro atoms. The largest absolute Gasteiger partial charge is 0.444 e. The Kier molecular flexibility index (Phi) is 9.51. The third kappa shape index (κ3) is 6.75. The van der Waals surface area contributed by atoms with Crippen LogP contribution in [0.5, 0.6) is 0 Å². The molecular weight excluding hydrogens is 498 g/mol. The fourth-order valence-corrected chi connectivity index (χ4v) is 5.37. The van der Waals surface area contributed by atoms with Crippen molar-refractivity contribution < 1.29 is 14.3 Å². The third-order valence-electron chi connectivity index (χ3n) is 7.95. The van der Waals surface area contributed by atoms with E-state index in [0.29, 0.717) is 25.2 Å². The number of aliphatic imine (C=N–C) groups is 1. The number of carbonyl (C=O) groups excluding carboxylic acids is 2. The number of ether oxygens (including phenoxy) is 1. The molecule has 214 valence electrons. The molecule has 6 heteroatoms. The van der Waals surface area contributed by atoms with Crippen LogP contribution >= 0.6 is 0 Å². The summed E-state index contributed by atoms with van der Waals surface area (Å²) >= 11 is 0. The first-order valence-electron chi connectivity index (χ1n) is 14.2. The first kappa shape index (κ1) is 30.9. The normalized spacial score (nSPS) is 22.7. The Morgan fingerprint density at radius 3 is 2.48 bits per heavy atom. The first-order valence-corrected chi connectivity index (χ1v) is 14.2. The second-order valence-corrected chi connectivity index (χ2v) is 12.2. The van der Waals surface area contributed by atoms with E-state index < -0.39 is 22.6 Å². The predicted molar refractivity (Wildman–Crippen MR) is 163 cm³/mol. The van der Waals surface area contributed by atoms with Crippen molar-refractivity contribution >= 4 is 18.3 Å². The highest BCUT2D eigenvalue weighted by molar-refractivity contribution is 5.95. The lowest BCUT2D eigenvalue weighted by atomic mass is 9.65. The number of rotatable bonds is 8. The summed E-state index contributed by atoms with van der Waals surface area (Å²) in [6.07, 6.45) is 9.15. The van der Waals surface area contributed by atoms with Crippen molar-refractivity contribution in [2.75, 3.05) is 14.1 Å². The molecule has 0 bridgehead atoms. The van der Waals surface area contributed by atoms with Gasteiger partial charge in [0.25, 0.3) is 0 Å². The van der Waals surface area contributed by atoms with E-state index in [1.165, 1.54) is 0 Å². The molecule has 1 N–H and O–H groups in total. The summed E-state index contributed by atoms with van der Waals surface area (Å²) in [6.45, 7) is 17.5. The van der Waals surface area contributed by atoms with Gasteiger partial charge in [-0.2, -0.15) is 0 Å². The van der Waals surface area contributed by atoms with Crippen molar-refractivity contribution in [3.05, 3.63) is 71.3 Å². The lowest BCUT2D eigenvalue weighted by molar-refractivity contribution is -0.117. The number of hydrogen-bond acceptors (Lipinski definition) is 4. The van der Waals surface area contributed by atoms with Gasteiger partial charge in [-0.05, 0) is 101 Å². The van der Waals surface area contributed by atoms with E-state index in [1.54, 1.807) is 39.8 Å². The van der Waals surface area contributed by atoms with Crippen LogP contribution in [0.2, 0.25) is 0 Å². The van der Waals surface area contributed by atoms with Gasteiger partial charge in [0.2, 0.25) is 5.96 Å². The van der Waals surface area contributed by atoms with Crippen LogP contribution in [0.3, 0.4) is 0 Å². The van der Waals surface area contributed by atoms with Crippen molar-refractivity contribution in [3.63, 3.8) is 0 Å². The van der Waals surface area contributed by atoms with Gasteiger partial charge in [0.1, 0.15) is 5.60 Å². The molecule has 0 radical (unpaired) electrons. The highest BCUT2D eigenvalue weighted by Crippen LogP contribution is 2.57. The van der Waals surface area contributed by atoms with Gasteiger partial charge in [-0.1, -0.05) is 50.1 Å². The highest BCUT2D eigenvalue weighted by Gasteiger charge is 2.57. The number of aldehydes is 1. The maximum Gasteiger partial charge on any atom is 0.414 e. The number of fused-ring (bicyclic) bond motifs is 1. The SMILES string of the molecule is C=C/C(C)=C(\C=C)CCC1(CC)Cc2ccc(C#CC3CC3)cc2C1(C=O)N=C(NC(=O)OC(C)(C)C)N(C)C. The zero-order valence-corrected chi connectivity index (χ0v) is 25.3. The summed E-state index contributed by atoms with van der Waals surface area (Å²) < 4.78 is 5.52. The van der Waals surface area contributed by atoms with Crippen LogP contribution in [0, 0.1) is 23.2 Å². The monoisotopic (exact) mass is 543 g/mol. The van der Waals surface area contributed by atoms with Crippen LogP contribution in [-0.4, -0.2) is 42.9 Å². The Labute approximate surface area is 240 Å². The third-order valence-corrected chi connectivity index (χ3v) is 7.95. The van der Waals surface area contributed by atoms with E-state index >= 15 is 0 Å². The average Bonchev–Trinajstić information content (AvgIpc) is 3.69. The quantitative estimate of drug-likeness (QED) is 0.130. The van der Waals surface area contributed by atoms with Gasteiger partial charge >= 0.3 is 6.09 Å². The number of carbonyl (C=O) groups is 2. The number of nitrogens with one attached hydrogen (secondary N) is 1. The minimum absolute atomic E-state index is 0.267. The van der Waals surface area contributed by atoms with Crippen LogP contribution < -0.4 is 5.32 Å². The van der Waals surface area contributed by atoms with Crippen LogP contribution in [0.1, 0.15) is 83.4 Å². The van der Waals surface area contributed by atoms with Gasteiger partial charge in [0.15, 0.2) is 11.8 Å². The molecule has 0 saturated heterocycles. The summed E-state index contributed by atoms with van der Waals surface area (Å²) in [7, 11) is 3.59. The Morgan fingerprint density at radius 2 is 1.95 bits per heavy atom. The number of nitrogens with zero attached hydrogens (tertiary/aromatic N) is 2. The maximum atomic E-state index is 13.5. The molecule has 1 aromatic carbocycles. The van der Waals surface area contributed by atoms with Crippen molar-refractivity contribution in [2.24, 2.45) is 16.3 Å². The number of amides is 1. The molecule has 40 heavy (non-hydrogen) atoms. The van der Waals surface area contributed by atoms with Crippen LogP contribution in [0.15, 0.2) is 59.6 Å². The fourth-order valence-electron chi connectivity index (χ4n) is 5.37. The number of allylic oxidation sites excluding steroid dienone is 4. The van der Waals surface area contributed by atoms with Gasteiger partial charge in [0.05, 0.1) is 0 Å². The molecule has 6 nitrogen and oxygen atoms in total. The van der Waals surface area contributed by atoms with Gasteiger partial charge in [0, 0.05) is 31.0 Å². The molecule has 0 heterocycles. The smallest absolute Gasteiger partial charge is 0.414 e. The average molecular weight is 544 g/mol. The Morgan fingerprint density at radius 1 is 1.25 bits per heavy atom. The predicted octanol–water partition coefficient (Wildman–Crippen LogP) is 6.71. The van der Waals surface area contributed by atoms with Gasteiger partial charge in [-0.3, -0.25) is 5.32 Å². The second kappa shape index (κ2) is 12.3. The van der Waals surface area contributed by atoms with Crippen LogP contribution in [0.25, 0.3) is 0 Å². The minimum Gasteiger partial charge on any atom is -0.444 e. The minimum atomic E-state index is -1.24. The van der Waals surface area contributed by atoms with Crippen molar-refractivity contribution in [1.82, 2.24) is 10.2 Å². The van der Waals surface area contributed by atoms with E-state index in [1.807, 2.05) is 31.2 Å². The van der Waals surface area contributed by atoms with Gasteiger partial charge in [-0.15, -0.1) is 0 Å². The number of hydrogen-bond donors (Lipinski definition) is 1. The molecule has 2 aliphatic rings. The standard InChI is InChI=1S/C34H45N3O3/c1-10-24(4)27(11-2)19-20-33(12-3)22-28-18-17-26(16-15-25-13-14-25)21-29(28)34(33,23-38)36-30(37(8)9)35-31(39)40-32(5,6)7/h10-11,17-18,21,23,25H,1-2,12-14,19-20,22H2,3-9H3,(H,35,36,39)/b27-24+. The van der Waals surface area contributed by atoms with E-state index in [-0.39, 0.29) is 5.96 Å². The summed E-state index contributed by atoms with van der Waals surface area (Å²) in [5, 5.41) is 2.81. The number of guanidine groups is 1. The molecule has 2 atom stereocenters. The molecule has 1 saturated carbocycles. The second-order valence-electron chi connectivity index (χ2n) is 12.2. The molecule has 0 aliphatic heterocycles. The Balaban J connectivity index is 2.20.